The molecule has 4 aliphatic carbocycles. The van der Waals surface area contributed by atoms with Crippen molar-refractivity contribution in [1.82, 2.24) is 0 Å². The van der Waals surface area contributed by atoms with E-state index in [4.69, 9.17) is 33.2 Å². The van der Waals surface area contributed by atoms with Crippen molar-refractivity contribution in [2.45, 2.75) is 131 Å². The molecule has 0 amide bonds. The van der Waals surface area contributed by atoms with Gasteiger partial charge in [-0.25, -0.2) is 0 Å². The second-order valence-electron chi connectivity index (χ2n) is 15.0. The predicted molar refractivity (Wildman–Crippen MR) is 168 cm³/mol. The second-order valence-corrected chi connectivity index (χ2v) is 15.4. The Morgan fingerprint density at radius 3 is 2.34 bits per heavy atom. The number of hydrogen-bond acceptors (Lipinski definition) is 6. The molecule has 1 unspecified atom stereocenters. The molecule has 3 saturated carbocycles. The SMILES string of the molecule is CC(C)C(CC[C@@H](C)[C@H]1CC[C@H]2[C@@H]3CC=C4C[C@@H](OC(=O)[C@H](C)C(N)=S)CC[C@]4(C)[C@H]3CC[C@]12C)OC(=O)[C@H](C)N. The maximum atomic E-state index is 12.5. The van der Waals surface area contributed by atoms with Crippen molar-refractivity contribution in [3.05, 3.63) is 11.6 Å². The summed E-state index contributed by atoms with van der Waals surface area (Å²) in [5.74, 6) is 2.73. The highest BCUT2D eigenvalue weighted by molar-refractivity contribution is 7.80. The molecule has 0 bridgehead atoms. The van der Waals surface area contributed by atoms with Crippen molar-refractivity contribution in [3.8, 4) is 0 Å². The summed E-state index contributed by atoms with van der Waals surface area (Å²) in [6.07, 6.45) is 13.6. The van der Waals surface area contributed by atoms with Crippen LogP contribution in [0.3, 0.4) is 0 Å². The Kier molecular flexibility index (Phi) is 10.0. The number of rotatable bonds is 10. The topological polar surface area (TPSA) is 105 Å². The lowest BCUT2D eigenvalue weighted by atomic mass is 9.47. The fraction of sp³-hybridized carbons (Fsp3) is 0.853. The third-order valence-electron chi connectivity index (χ3n) is 12.2. The number of allylic oxidation sites excluding steroid dienone is 1. The molecule has 0 saturated heterocycles. The van der Waals surface area contributed by atoms with Gasteiger partial charge in [-0.15, -0.1) is 0 Å². The molecule has 3 fully saturated rings. The average Bonchev–Trinajstić information content (AvgIpc) is 3.27. The first kappa shape index (κ1) is 32.4. The molecule has 6 nitrogen and oxygen atoms in total. The monoisotopic (exact) mass is 588 g/mol. The van der Waals surface area contributed by atoms with Crippen LogP contribution in [0.4, 0.5) is 0 Å². The van der Waals surface area contributed by atoms with E-state index in [-0.39, 0.29) is 40.5 Å². The van der Waals surface area contributed by atoms with E-state index in [2.05, 4.69) is 40.7 Å². The van der Waals surface area contributed by atoms with Crippen LogP contribution in [0.1, 0.15) is 113 Å². The minimum atomic E-state index is -0.575. The van der Waals surface area contributed by atoms with Crippen LogP contribution >= 0.6 is 12.2 Å². The number of esters is 2. The van der Waals surface area contributed by atoms with Gasteiger partial charge in [0.1, 0.15) is 24.2 Å². The van der Waals surface area contributed by atoms with Gasteiger partial charge in [-0.1, -0.05) is 58.5 Å². The summed E-state index contributed by atoms with van der Waals surface area (Å²) >= 11 is 5.01. The Balaban J connectivity index is 1.40. The number of carbonyl (C=O) groups is 2. The number of carbonyl (C=O) groups excluding carboxylic acids is 2. The van der Waals surface area contributed by atoms with Crippen LogP contribution in [-0.4, -0.2) is 35.2 Å². The summed E-state index contributed by atoms with van der Waals surface area (Å²) in [5.41, 5.74) is 13.6. The maximum Gasteiger partial charge on any atom is 0.322 e. The second kappa shape index (κ2) is 12.6. The molecule has 7 heteroatoms. The molecule has 0 aromatic rings. The Hall–Kier alpha value is -1.47. The number of ether oxygens (including phenoxy) is 2. The number of hydrogen-bond donors (Lipinski definition) is 2. The molecule has 232 valence electrons. The number of nitrogens with two attached hydrogens (primary N) is 2. The standard InChI is InChI=1S/C34H56N2O4S/c1-19(2)29(40-32(38)22(5)35)13-8-20(3)26-11-12-27-25-10-9-23-18-24(39-31(37)21(4)30(36)41)14-16-33(23,6)28(25)15-17-34(26,27)7/h9,19-22,24-29H,8,10-18,35H2,1-7H3,(H2,36,41)/t20-,21-,22+,24+,25+,26-,27+,28+,29?,33+,34-/m1/s1. The van der Waals surface area contributed by atoms with E-state index in [9.17, 15) is 9.59 Å². The first-order valence-electron chi connectivity index (χ1n) is 16.3. The molecular formula is C34H56N2O4S. The molecule has 4 rings (SSSR count). The van der Waals surface area contributed by atoms with E-state index in [1.165, 1.54) is 31.3 Å². The highest BCUT2D eigenvalue weighted by Crippen LogP contribution is 2.67. The highest BCUT2D eigenvalue weighted by atomic mass is 32.1. The summed E-state index contributed by atoms with van der Waals surface area (Å²) < 4.78 is 11.7. The summed E-state index contributed by atoms with van der Waals surface area (Å²) in [5, 5.41) is 0. The van der Waals surface area contributed by atoms with Gasteiger partial charge in [-0.3, -0.25) is 9.59 Å². The smallest absolute Gasteiger partial charge is 0.322 e. The van der Waals surface area contributed by atoms with Gasteiger partial charge in [0.05, 0.1) is 4.99 Å². The minimum absolute atomic E-state index is 0.0666. The van der Waals surface area contributed by atoms with Crippen molar-refractivity contribution in [2.24, 2.45) is 63.7 Å². The lowest BCUT2D eigenvalue weighted by molar-refractivity contribution is -0.154. The van der Waals surface area contributed by atoms with Crippen LogP contribution in [0.25, 0.3) is 0 Å². The quantitative estimate of drug-likeness (QED) is 0.166. The van der Waals surface area contributed by atoms with Gasteiger partial charge in [0.15, 0.2) is 0 Å². The van der Waals surface area contributed by atoms with E-state index in [1.807, 2.05) is 0 Å². The first-order chi connectivity index (χ1) is 19.2. The highest BCUT2D eigenvalue weighted by Gasteiger charge is 2.59. The third-order valence-corrected chi connectivity index (χ3v) is 12.5. The lowest BCUT2D eigenvalue weighted by Crippen LogP contribution is -2.51. The van der Waals surface area contributed by atoms with Gasteiger partial charge >= 0.3 is 11.9 Å². The minimum Gasteiger partial charge on any atom is -0.462 e. The van der Waals surface area contributed by atoms with Crippen molar-refractivity contribution in [2.75, 3.05) is 0 Å². The van der Waals surface area contributed by atoms with Gasteiger partial charge in [0.2, 0.25) is 0 Å². The molecule has 11 atom stereocenters. The fourth-order valence-electron chi connectivity index (χ4n) is 9.50. The van der Waals surface area contributed by atoms with Crippen molar-refractivity contribution >= 4 is 29.1 Å². The van der Waals surface area contributed by atoms with Crippen LogP contribution in [0.15, 0.2) is 11.6 Å². The zero-order valence-electron chi connectivity index (χ0n) is 26.6. The molecule has 41 heavy (non-hydrogen) atoms. The van der Waals surface area contributed by atoms with E-state index >= 15 is 0 Å². The van der Waals surface area contributed by atoms with Gasteiger partial charge in [-0.2, -0.15) is 0 Å². The Morgan fingerprint density at radius 2 is 1.71 bits per heavy atom. The van der Waals surface area contributed by atoms with Crippen LogP contribution in [-0.2, 0) is 19.1 Å². The Labute approximate surface area is 254 Å². The van der Waals surface area contributed by atoms with Crippen LogP contribution in [0.2, 0.25) is 0 Å². The van der Waals surface area contributed by atoms with E-state index < -0.39 is 12.0 Å². The van der Waals surface area contributed by atoms with Gasteiger partial charge in [0.25, 0.3) is 0 Å². The van der Waals surface area contributed by atoms with Gasteiger partial charge in [0, 0.05) is 6.42 Å². The molecule has 0 spiro atoms. The molecule has 0 aromatic heterocycles. The Morgan fingerprint density at radius 1 is 1.00 bits per heavy atom. The molecule has 0 aromatic carbocycles. The summed E-state index contributed by atoms with van der Waals surface area (Å²) in [7, 11) is 0. The zero-order valence-corrected chi connectivity index (χ0v) is 27.4. The third kappa shape index (κ3) is 6.41. The van der Waals surface area contributed by atoms with Crippen LogP contribution < -0.4 is 11.5 Å². The summed E-state index contributed by atoms with van der Waals surface area (Å²) in [6.45, 7) is 15.2. The molecule has 0 radical (unpaired) electrons. The Bertz CT molecular complexity index is 1030. The number of fused-ring (bicyclic) bond motifs is 5. The van der Waals surface area contributed by atoms with Gasteiger partial charge in [-0.05, 0) is 118 Å². The normalized spacial score (nSPS) is 37.5. The molecule has 4 aliphatic rings. The van der Waals surface area contributed by atoms with Gasteiger partial charge < -0.3 is 20.9 Å². The summed E-state index contributed by atoms with van der Waals surface area (Å²) in [6, 6.07) is -0.575. The molecule has 0 heterocycles. The van der Waals surface area contributed by atoms with E-state index in [0.717, 1.165) is 50.4 Å². The fourth-order valence-corrected chi connectivity index (χ4v) is 9.60. The van der Waals surface area contributed by atoms with Crippen molar-refractivity contribution < 1.29 is 19.1 Å². The van der Waals surface area contributed by atoms with E-state index in [1.54, 1.807) is 13.8 Å². The lowest BCUT2D eigenvalue weighted by Gasteiger charge is -2.58. The average molecular weight is 589 g/mol. The summed E-state index contributed by atoms with van der Waals surface area (Å²) in [4.78, 5) is 24.9. The van der Waals surface area contributed by atoms with Crippen LogP contribution in [0.5, 0.6) is 0 Å². The molecule has 4 N–H and O–H groups in total. The number of thiocarbonyl (C=S) groups is 1. The predicted octanol–water partition coefficient (Wildman–Crippen LogP) is 6.73. The zero-order chi connectivity index (χ0) is 30.3. The van der Waals surface area contributed by atoms with E-state index in [0.29, 0.717) is 23.2 Å². The largest absolute Gasteiger partial charge is 0.462 e. The van der Waals surface area contributed by atoms with Crippen LogP contribution in [0, 0.1) is 52.3 Å². The van der Waals surface area contributed by atoms with Crippen molar-refractivity contribution in [1.29, 1.82) is 0 Å². The van der Waals surface area contributed by atoms with Crippen molar-refractivity contribution in [3.63, 3.8) is 0 Å². The maximum absolute atomic E-state index is 12.5. The first-order valence-corrected chi connectivity index (χ1v) is 16.7. The molecule has 0 aliphatic heterocycles. The molecular weight excluding hydrogens is 532 g/mol.